The van der Waals surface area contributed by atoms with E-state index in [0.29, 0.717) is 11.1 Å². The molecule has 2 aromatic rings. The maximum atomic E-state index is 6.07. The van der Waals surface area contributed by atoms with Crippen LogP contribution in [-0.2, 0) is 0 Å². The lowest BCUT2D eigenvalue weighted by molar-refractivity contribution is 0.514. The molecular formula is C11H12ClN3. The fourth-order valence-corrected chi connectivity index (χ4v) is 1.55. The minimum atomic E-state index is 0.314. The van der Waals surface area contributed by atoms with Crippen LogP contribution in [0.25, 0.3) is 11.3 Å². The van der Waals surface area contributed by atoms with E-state index in [1.165, 1.54) is 0 Å². The van der Waals surface area contributed by atoms with Crippen LogP contribution in [-0.4, -0.2) is 15.0 Å². The molecule has 0 aliphatic heterocycles. The van der Waals surface area contributed by atoms with E-state index in [4.69, 9.17) is 11.6 Å². The largest absolute Gasteiger partial charge is 0.249 e. The Kier molecular flexibility index (Phi) is 2.73. The predicted molar refractivity (Wildman–Crippen MR) is 60.9 cm³/mol. The fraction of sp³-hybridized carbons (Fsp3) is 0.273. The van der Waals surface area contributed by atoms with Crippen molar-refractivity contribution in [3.8, 4) is 11.3 Å². The average Bonchev–Trinajstić information content (AvgIpc) is 2.67. The van der Waals surface area contributed by atoms with Crippen LogP contribution in [0.15, 0.2) is 30.5 Å². The highest BCUT2D eigenvalue weighted by molar-refractivity contribution is 6.33. The highest BCUT2D eigenvalue weighted by atomic mass is 35.5. The van der Waals surface area contributed by atoms with E-state index in [0.717, 1.165) is 11.3 Å². The highest BCUT2D eigenvalue weighted by Crippen LogP contribution is 2.25. The molecule has 0 saturated carbocycles. The highest BCUT2D eigenvalue weighted by Gasteiger charge is 2.08. The van der Waals surface area contributed by atoms with Crippen molar-refractivity contribution in [2.75, 3.05) is 0 Å². The molecule has 0 radical (unpaired) electrons. The Morgan fingerprint density at radius 2 is 2.00 bits per heavy atom. The minimum Gasteiger partial charge on any atom is -0.249 e. The van der Waals surface area contributed by atoms with Crippen LogP contribution >= 0.6 is 11.6 Å². The molecule has 0 amide bonds. The van der Waals surface area contributed by atoms with E-state index in [-0.39, 0.29) is 0 Å². The van der Waals surface area contributed by atoms with E-state index >= 15 is 0 Å². The van der Waals surface area contributed by atoms with Crippen molar-refractivity contribution in [1.29, 1.82) is 0 Å². The van der Waals surface area contributed by atoms with Gasteiger partial charge in [0, 0.05) is 11.6 Å². The summed E-state index contributed by atoms with van der Waals surface area (Å²) in [6.45, 7) is 4.12. The number of rotatable bonds is 2. The third-order valence-corrected chi connectivity index (χ3v) is 2.52. The van der Waals surface area contributed by atoms with E-state index in [1.54, 1.807) is 0 Å². The second-order valence-electron chi connectivity index (χ2n) is 3.66. The second-order valence-corrected chi connectivity index (χ2v) is 4.06. The summed E-state index contributed by atoms with van der Waals surface area (Å²) >= 11 is 6.07. The normalized spacial score (nSPS) is 10.9. The zero-order chi connectivity index (χ0) is 10.8. The maximum absolute atomic E-state index is 6.07. The first kappa shape index (κ1) is 10.2. The molecule has 0 unspecified atom stereocenters. The van der Waals surface area contributed by atoms with Crippen LogP contribution in [0.5, 0.6) is 0 Å². The van der Waals surface area contributed by atoms with Crippen molar-refractivity contribution in [3.05, 3.63) is 35.5 Å². The molecule has 1 aromatic carbocycles. The standard InChI is InChI=1S/C11H12ClN3/c1-8(2)15-7-11(13-14-15)9-5-3-4-6-10(9)12/h3-8H,1-2H3. The summed E-state index contributed by atoms with van der Waals surface area (Å²) in [7, 11) is 0. The summed E-state index contributed by atoms with van der Waals surface area (Å²) in [5, 5.41) is 8.84. The first-order chi connectivity index (χ1) is 7.18. The SMILES string of the molecule is CC(C)n1cc(-c2ccccc2Cl)nn1. The van der Waals surface area contributed by atoms with Crippen LogP contribution in [0.1, 0.15) is 19.9 Å². The van der Waals surface area contributed by atoms with Gasteiger partial charge in [-0.25, -0.2) is 4.68 Å². The van der Waals surface area contributed by atoms with Gasteiger partial charge in [0.05, 0.1) is 11.2 Å². The second kappa shape index (κ2) is 4.03. The molecule has 0 atom stereocenters. The Hall–Kier alpha value is -1.35. The first-order valence-electron chi connectivity index (χ1n) is 4.85. The lowest BCUT2D eigenvalue weighted by Crippen LogP contribution is -2.00. The number of hydrogen-bond acceptors (Lipinski definition) is 2. The summed E-state index contributed by atoms with van der Waals surface area (Å²) in [6.07, 6.45) is 1.91. The molecule has 0 bridgehead atoms. The summed E-state index contributed by atoms with van der Waals surface area (Å²) < 4.78 is 1.82. The van der Waals surface area contributed by atoms with Crippen LogP contribution in [0.2, 0.25) is 5.02 Å². The van der Waals surface area contributed by atoms with Crippen molar-refractivity contribution in [3.63, 3.8) is 0 Å². The molecule has 0 aliphatic carbocycles. The van der Waals surface area contributed by atoms with Gasteiger partial charge in [-0.05, 0) is 19.9 Å². The third kappa shape index (κ3) is 2.02. The quantitative estimate of drug-likeness (QED) is 0.780. The minimum absolute atomic E-state index is 0.314. The van der Waals surface area contributed by atoms with Gasteiger partial charge in [0.15, 0.2) is 0 Å². The molecule has 78 valence electrons. The fourth-order valence-electron chi connectivity index (χ4n) is 1.32. The summed E-state index contributed by atoms with van der Waals surface area (Å²) in [5.74, 6) is 0. The van der Waals surface area contributed by atoms with Gasteiger partial charge >= 0.3 is 0 Å². The monoisotopic (exact) mass is 221 g/mol. The lowest BCUT2D eigenvalue weighted by Gasteiger charge is -2.01. The van der Waals surface area contributed by atoms with Crippen LogP contribution in [0, 0.1) is 0 Å². The van der Waals surface area contributed by atoms with E-state index in [9.17, 15) is 0 Å². The molecule has 0 N–H and O–H groups in total. The zero-order valence-electron chi connectivity index (χ0n) is 8.68. The summed E-state index contributed by atoms with van der Waals surface area (Å²) in [4.78, 5) is 0. The Morgan fingerprint density at radius 1 is 1.27 bits per heavy atom. The van der Waals surface area contributed by atoms with E-state index < -0.39 is 0 Å². The summed E-state index contributed by atoms with van der Waals surface area (Å²) in [5.41, 5.74) is 1.74. The molecule has 3 nitrogen and oxygen atoms in total. The number of hydrogen-bond donors (Lipinski definition) is 0. The molecule has 1 heterocycles. The average molecular weight is 222 g/mol. The Balaban J connectivity index is 2.42. The third-order valence-electron chi connectivity index (χ3n) is 2.19. The van der Waals surface area contributed by atoms with Gasteiger partial charge in [-0.15, -0.1) is 5.10 Å². The van der Waals surface area contributed by atoms with Crippen molar-refractivity contribution in [2.45, 2.75) is 19.9 Å². The molecule has 1 aromatic heterocycles. The van der Waals surface area contributed by atoms with Gasteiger partial charge in [0.1, 0.15) is 5.69 Å². The van der Waals surface area contributed by atoms with Gasteiger partial charge in [0.25, 0.3) is 0 Å². The Morgan fingerprint density at radius 3 is 2.60 bits per heavy atom. The van der Waals surface area contributed by atoms with E-state index in [1.807, 2.05) is 35.1 Å². The maximum Gasteiger partial charge on any atom is 0.114 e. The molecule has 15 heavy (non-hydrogen) atoms. The molecule has 0 spiro atoms. The number of benzene rings is 1. The van der Waals surface area contributed by atoms with Crippen molar-refractivity contribution in [2.24, 2.45) is 0 Å². The van der Waals surface area contributed by atoms with Gasteiger partial charge in [-0.3, -0.25) is 0 Å². The number of halogens is 1. The zero-order valence-corrected chi connectivity index (χ0v) is 9.44. The number of nitrogens with zero attached hydrogens (tertiary/aromatic N) is 3. The van der Waals surface area contributed by atoms with E-state index in [2.05, 4.69) is 24.2 Å². The van der Waals surface area contributed by atoms with Crippen LogP contribution in [0.3, 0.4) is 0 Å². The van der Waals surface area contributed by atoms with Crippen LogP contribution < -0.4 is 0 Å². The van der Waals surface area contributed by atoms with Gasteiger partial charge in [0.2, 0.25) is 0 Å². The molecule has 0 saturated heterocycles. The Bertz CT molecular complexity index is 462. The van der Waals surface area contributed by atoms with Gasteiger partial charge < -0.3 is 0 Å². The van der Waals surface area contributed by atoms with Gasteiger partial charge in [-0.1, -0.05) is 35.0 Å². The van der Waals surface area contributed by atoms with Crippen LogP contribution in [0.4, 0.5) is 0 Å². The Labute approximate surface area is 93.7 Å². The molecule has 2 rings (SSSR count). The molecule has 0 aliphatic rings. The molecular weight excluding hydrogens is 210 g/mol. The predicted octanol–water partition coefficient (Wildman–Crippen LogP) is 3.18. The topological polar surface area (TPSA) is 30.7 Å². The van der Waals surface area contributed by atoms with Gasteiger partial charge in [-0.2, -0.15) is 0 Å². The molecule has 0 fully saturated rings. The number of aromatic nitrogens is 3. The van der Waals surface area contributed by atoms with Crippen molar-refractivity contribution in [1.82, 2.24) is 15.0 Å². The molecule has 4 heteroatoms. The smallest absolute Gasteiger partial charge is 0.114 e. The van der Waals surface area contributed by atoms with Crippen molar-refractivity contribution >= 4 is 11.6 Å². The first-order valence-corrected chi connectivity index (χ1v) is 5.23. The lowest BCUT2D eigenvalue weighted by atomic mass is 10.2. The summed E-state index contributed by atoms with van der Waals surface area (Å²) in [6, 6.07) is 7.95. The van der Waals surface area contributed by atoms with Crippen molar-refractivity contribution < 1.29 is 0 Å².